The van der Waals surface area contributed by atoms with Crippen LogP contribution in [0.2, 0.25) is 19.6 Å². The average Bonchev–Trinajstić information content (AvgIpc) is 2.28. The van der Waals surface area contributed by atoms with Crippen molar-refractivity contribution in [2.24, 2.45) is 16.7 Å². The van der Waals surface area contributed by atoms with Gasteiger partial charge in [0.15, 0.2) is 8.32 Å². The molecule has 2 aliphatic carbocycles. The van der Waals surface area contributed by atoms with E-state index >= 15 is 0 Å². The summed E-state index contributed by atoms with van der Waals surface area (Å²) in [7, 11) is -1.73. The van der Waals surface area contributed by atoms with Crippen LogP contribution in [0.5, 0.6) is 0 Å². The van der Waals surface area contributed by atoms with Gasteiger partial charge in [-0.15, -0.1) is 0 Å². The van der Waals surface area contributed by atoms with E-state index in [1.54, 1.807) is 0 Å². The second-order valence-corrected chi connectivity index (χ2v) is 13.3. The largest absolute Gasteiger partial charge is 0.399 e. The van der Waals surface area contributed by atoms with E-state index < -0.39 is 13.9 Å². The molecule has 0 heterocycles. The standard InChI is InChI=1S/C17H31NOSi/c1-15(2)10-8-11-16(3)14(15)9-7-12-17(16,13-18)19-20(4,5)6/h14H,7-12H2,1-6H3/t14-,16-,17+/m0/s1. The van der Waals surface area contributed by atoms with Gasteiger partial charge in [-0.2, -0.15) is 5.26 Å². The maximum Gasteiger partial charge on any atom is 0.185 e. The summed E-state index contributed by atoms with van der Waals surface area (Å²) in [6.07, 6.45) is 7.01. The summed E-state index contributed by atoms with van der Waals surface area (Å²) in [6.45, 7) is 13.8. The highest BCUT2D eigenvalue weighted by molar-refractivity contribution is 6.69. The molecular weight excluding hydrogens is 262 g/mol. The molecule has 2 nitrogen and oxygen atoms in total. The fraction of sp³-hybridized carbons (Fsp3) is 0.941. The molecule has 0 aliphatic heterocycles. The zero-order chi connectivity index (χ0) is 15.2. The van der Waals surface area contributed by atoms with Crippen molar-refractivity contribution in [3.8, 4) is 6.07 Å². The van der Waals surface area contributed by atoms with Gasteiger partial charge in [0.1, 0.15) is 5.60 Å². The zero-order valence-corrected chi connectivity index (χ0v) is 15.2. The number of fused-ring (bicyclic) bond motifs is 1. The van der Waals surface area contributed by atoms with Crippen LogP contribution in [0.1, 0.15) is 59.3 Å². The first-order chi connectivity index (χ1) is 9.06. The van der Waals surface area contributed by atoms with E-state index in [1.807, 2.05) is 0 Å². The maximum atomic E-state index is 10.0. The summed E-state index contributed by atoms with van der Waals surface area (Å²) in [5.74, 6) is 0.619. The first-order valence-electron chi connectivity index (χ1n) is 8.18. The van der Waals surface area contributed by atoms with Gasteiger partial charge in [-0.1, -0.05) is 27.2 Å². The van der Waals surface area contributed by atoms with Gasteiger partial charge in [-0.3, -0.25) is 0 Å². The van der Waals surface area contributed by atoms with E-state index in [0.717, 1.165) is 19.3 Å². The quantitative estimate of drug-likeness (QED) is 0.662. The van der Waals surface area contributed by atoms with Crippen LogP contribution in [0.15, 0.2) is 0 Å². The molecule has 0 aromatic carbocycles. The lowest BCUT2D eigenvalue weighted by Crippen LogP contribution is -2.61. The lowest BCUT2D eigenvalue weighted by atomic mass is 9.47. The summed E-state index contributed by atoms with van der Waals surface area (Å²) in [6, 6.07) is 2.66. The molecule has 2 rings (SSSR count). The van der Waals surface area contributed by atoms with Crippen LogP contribution < -0.4 is 0 Å². The lowest BCUT2D eigenvalue weighted by molar-refractivity contribution is -0.143. The smallest absolute Gasteiger partial charge is 0.185 e. The van der Waals surface area contributed by atoms with Crippen LogP contribution >= 0.6 is 0 Å². The van der Waals surface area contributed by atoms with E-state index in [4.69, 9.17) is 4.43 Å². The molecule has 0 saturated heterocycles. The summed E-state index contributed by atoms with van der Waals surface area (Å²) < 4.78 is 6.56. The van der Waals surface area contributed by atoms with E-state index in [9.17, 15) is 5.26 Å². The van der Waals surface area contributed by atoms with Crippen molar-refractivity contribution in [3.63, 3.8) is 0 Å². The molecule has 20 heavy (non-hydrogen) atoms. The molecule has 3 heteroatoms. The number of nitriles is 1. The first-order valence-corrected chi connectivity index (χ1v) is 11.6. The monoisotopic (exact) mass is 293 g/mol. The molecule has 0 aromatic rings. The summed E-state index contributed by atoms with van der Waals surface area (Å²) >= 11 is 0. The third kappa shape index (κ3) is 2.46. The van der Waals surface area contributed by atoms with E-state index in [-0.39, 0.29) is 5.41 Å². The Morgan fingerprint density at radius 3 is 2.25 bits per heavy atom. The highest BCUT2D eigenvalue weighted by Crippen LogP contribution is 2.62. The molecule has 0 unspecified atom stereocenters. The predicted octanol–water partition coefficient (Wildman–Crippen LogP) is 5.12. The Hall–Kier alpha value is -0.333. The zero-order valence-electron chi connectivity index (χ0n) is 14.2. The van der Waals surface area contributed by atoms with Gasteiger partial charge in [0.25, 0.3) is 0 Å². The molecule has 0 amide bonds. The van der Waals surface area contributed by atoms with Gasteiger partial charge < -0.3 is 4.43 Å². The van der Waals surface area contributed by atoms with Crippen molar-refractivity contribution < 1.29 is 4.43 Å². The maximum absolute atomic E-state index is 10.0. The average molecular weight is 294 g/mol. The Bertz CT molecular complexity index is 420. The Morgan fingerprint density at radius 2 is 1.70 bits per heavy atom. The normalized spacial score (nSPS) is 40.8. The van der Waals surface area contributed by atoms with Gasteiger partial charge in [0.2, 0.25) is 0 Å². The fourth-order valence-electron chi connectivity index (χ4n) is 5.05. The first kappa shape index (κ1) is 16.0. The van der Waals surface area contributed by atoms with Crippen molar-refractivity contribution in [1.82, 2.24) is 0 Å². The van der Waals surface area contributed by atoms with Gasteiger partial charge >= 0.3 is 0 Å². The molecule has 0 bridgehead atoms. The molecule has 0 radical (unpaired) electrons. The fourth-order valence-corrected chi connectivity index (χ4v) is 6.48. The van der Waals surface area contributed by atoms with Crippen molar-refractivity contribution >= 4 is 8.32 Å². The minimum Gasteiger partial charge on any atom is -0.399 e. The second kappa shape index (κ2) is 4.85. The molecule has 0 spiro atoms. The molecule has 2 fully saturated rings. The van der Waals surface area contributed by atoms with Crippen molar-refractivity contribution in [2.75, 3.05) is 0 Å². The van der Waals surface area contributed by atoms with E-state index in [1.165, 1.54) is 19.3 Å². The molecule has 114 valence electrons. The van der Waals surface area contributed by atoms with Crippen LogP contribution in [0.25, 0.3) is 0 Å². The number of nitrogens with zero attached hydrogens (tertiary/aromatic N) is 1. The molecule has 0 aromatic heterocycles. The molecule has 0 N–H and O–H groups in total. The molecule has 2 saturated carbocycles. The van der Waals surface area contributed by atoms with Crippen LogP contribution in [-0.4, -0.2) is 13.9 Å². The topological polar surface area (TPSA) is 33.0 Å². The van der Waals surface area contributed by atoms with Crippen LogP contribution in [0.3, 0.4) is 0 Å². The van der Waals surface area contributed by atoms with Gasteiger partial charge in [-0.25, -0.2) is 0 Å². The number of hydrogen-bond acceptors (Lipinski definition) is 2. The third-order valence-electron chi connectivity index (χ3n) is 5.83. The summed E-state index contributed by atoms with van der Waals surface area (Å²) in [5, 5.41) is 10.0. The Morgan fingerprint density at radius 1 is 1.05 bits per heavy atom. The highest BCUT2D eigenvalue weighted by Gasteiger charge is 2.61. The third-order valence-corrected chi connectivity index (χ3v) is 6.80. The minimum atomic E-state index is -1.73. The molecular formula is C17H31NOSi. The Labute approximate surface area is 126 Å². The summed E-state index contributed by atoms with van der Waals surface area (Å²) in [5.41, 5.74) is -0.168. The second-order valence-electron chi connectivity index (χ2n) is 8.86. The highest BCUT2D eigenvalue weighted by atomic mass is 28.4. The van der Waals surface area contributed by atoms with Gasteiger partial charge in [-0.05, 0) is 63.1 Å². The minimum absolute atomic E-state index is 0.0298. The van der Waals surface area contributed by atoms with E-state index in [0.29, 0.717) is 11.3 Å². The molecule has 2 aliphatic rings. The Balaban J connectivity index is 2.45. The number of hydrogen-bond donors (Lipinski definition) is 0. The predicted molar refractivity (Wildman–Crippen MR) is 85.9 cm³/mol. The van der Waals surface area contributed by atoms with Crippen molar-refractivity contribution in [1.29, 1.82) is 5.26 Å². The van der Waals surface area contributed by atoms with E-state index in [2.05, 4.69) is 46.5 Å². The van der Waals surface area contributed by atoms with Crippen LogP contribution in [0.4, 0.5) is 0 Å². The van der Waals surface area contributed by atoms with Gasteiger partial charge in [0.05, 0.1) is 6.07 Å². The molecule has 3 atom stereocenters. The lowest BCUT2D eigenvalue weighted by Gasteiger charge is -2.61. The number of rotatable bonds is 2. The van der Waals surface area contributed by atoms with Crippen LogP contribution in [0, 0.1) is 28.1 Å². The summed E-state index contributed by atoms with van der Waals surface area (Å²) in [4.78, 5) is 0. The SMILES string of the molecule is CC1(C)CCC[C@@]2(C)[C@H]1CCC[C@]2(C#N)O[Si](C)(C)C. The van der Waals surface area contributed by atoms with Crippen LogP contribution in [-0.2, 0) is 4.43 Å². The van der Waals surface area contributed by atoms with Gasteiger partial charge in [0, 0.05) is 5.41 Å². The Kier molecular flexibility index (Phi) is 3.89. The van der Waals surface area contributed by atoms with Crippen molar-refractivity contribution in [3.05, 3.63) is 0 Å². The van der Waals surface area contributed by atoms with Crippen molar-refractivity contribution in [2.45, 2.75) is 84.5 Å².